The molecule has 0 bridgehead atoms. The maximum absolute atomic E-state index is 12.3. The SMILES string of the molecule is O=C1CNC(=O)C2(CCCC2)N1CCC(F)(F)F. The van der Waals surface area contributed by atoms with E-state index in [-0.39, 0.29) is 12.5 Å². The van der Waals surface area contributed by atoms with Gasteiger partial charge in [-0.1, -0.05) is 12.8 Å². The second kappa shape index (κ2) is 4.44. The van der Waals surface area contributed by atoms with E-state index in [9.17, 15) is 22.8 Å². The first-order valence-corrected chi connectivity index (χ1v) is 6.01. The molecule has 0 atom stereocenters. The number of nitrogens with one attached hydrogen (secondary N) is 1. The summed E-state index contributed by atoms with van der Waals surface area (Å²) in [7, 11) is 0. The molecule has 1 aliphatic carbocycles. The van der Waals surface area contributed by atoms with Gasteiger partial charge in [0.15, 0.2) is 0 Å². The first kappa shape index (κ1) is 13.2. The highest BCUT2D eigenvalue weighted by Gasteiger charge is 2.51. The zero-order valence-electron chi connectivity index (χ0n) is 9.85. The second-order valence-corrected chi connectivity index (χ2v) is 4.83. The van der Waals surface area contributed by atoms with Gasteiger partial charge in [-0.05, 0) is 12.8 Å². The monoisotopic (exact) mass is 264 g/mol. The summed E-state index contributed by atoms with van der Waals surface area (Å²) in [5.74, 6) is -0.720. The third kappa shape index (κ3) is 2.30. The molecule has 1 saturated carbocycles. The van der Waals surface area contributed by atoms with Crippen molar-refractivity contribution in [2.24, 2.45) is 0 Å². The lowest BCUT2D eigenvalue weighted by atomic mass is 9.91. The number of piperazine rings is 1. The third-order valence-corrected chi connectivity index (χ3v) is 3.69. The first-order valence-electron chi connectivity index (χ1n) is 6.01. The number of halogens is 3. The van der Waals surface area contributed by atoms with E-state index in [0.29, 0.717) is 12.8 Å². The summed E-state index contributed by atoms with van der Waals surface area (Å²) >= 11 is 0. The zero-order valence-corrected chi connectivity index (χ0v) is 9.85. The molecule has 1 aliphatic heterocycles. The quantitative estimate of drug-likeness (QED) is 0.815. The molecule has 2 amide bonds. The maximum atomic E-state index is 12.3. The minimum atomic E-state index is -4.31. The molecule has 2 fully saturated rings. The highest BCUT2D eigenvalue weighted by atomic mass is 19.4. The van der Waals surface area contributed by atoms with Gasteiger partial charge in [0.2, 0.25) is 11.8 Å². The standard InChI is InChI=1S/C11H15F3N2O2/c12-11(13,14)5-6-16-8(17)7-15-9(18)10(16)3-1-2-4-10/h1-7H2,(H,15,18). The Morgan fingerprint density at radius 2 is 1.83 bits per heavy atom. The van der Waals surface area contributed by atoms with Gasteiger partial charge in [0.25, 0.3) is 0 Å². The van der Waals surface area contributed by atoms with E-state index in [2.05, 4.69) is 5.32 Å². The molecule has 1 heterocycles. The molecule has 18 heavy (non-hydrogen) atoms. The molecular weight excluding hydrogens is 249 g/mol. The maximum Gasteiger partial charge on any atom is 0.390 e. The molecule has 1 spiro atoms. The van der Waals surface area contributed by atoms with Crippen LogP contribution in [0.1, 0.15) is 32.1 Å². The number of hydrogen-bond donors (Lipinski definition) is 1. The Hall–Kier alpha value is -1.27. The van der Waals surface area contributed by atoms with Crippen LogP contribution in [0.25, 0.3) is 0 Å². The highest BCUT2D eigenvalue weighted by Crippen LogP contribution is 2.38. The van der Waals surface area contributed by atoms with Gasteiger partial charge < -0.3 is 10.2 Å². The summed E-state index contributed by atoms with van der Waals surface area (Å²) in [6.45, 7) is -0.617. The van der Waals surface area contributed by atoms with E-state index in [1.54, 1.807) is 0 Å². The summed E-state index contributed by atoms with van der Waals surface area (Å²) in [5, 5.41) is 2.48. The zero-order chi connectivity index (χ0) is 13.4. The van der Waals surface area contributed by atoms with Crippen molar-refractivity contribution in [2.75, 3.05) is 13.1 Å². The van der Waals surface area contributed by atoms with E-state index in [0.717, 1.165) is 17.7 Å². The van der Waals surface area contributed by atoms with Crippen LogP contribution >= 0.6 is 0 Å². The number of alkyl halides is 3. The molecule has 0 unspecified atom stereocenters. The predicted molar refractivity (Wildman–Crippen MR) is 56.6 cm³/mol. The summed E-state index contributed by atoms with van der Waals surface area (Å²) in [5.41, 5.74) is -1.03. The van der Waals surface area contributed by atoms with Crippen LogP contribution in [0.5, 0.6) is 0 Å². The third-order valence-electron chi connectivity index (χ3n) is 3.69. The molecule has 0 aromatic heterocycles. The predicted octanol–water partition coefficient (Wildman–Crippen LogP) is 1.21. The summed E-state index contributed by atoms with van der Waals surface area (Å²) in [6, 6.07) is 0. The number of amides is 2. The average Bonchev–Trinajstić information content (AvgIpc) is 2.73. The molecule has 0 aromatic rings. The van der Waals surface area contributed by atoms with Gasteiger partial charge >= 0.3 is 6.18 Å². The first-order chi connectivity index (χ1) is 8.35. The van der Waals surface area contributed by atoms with Crippen molar-refractivity contribution < 1.29 is 22.8 Å². The minimum absolute atomic E-state index is 0.196. The lowest BCUT2D eigenvalue weighted by Gasteiger charge is -2.43. The summed E-state index contributed by atoms with van der Waals surface area (Å²) < 4.78 is 36.8. The molecule has 102 valence electrons. The van der Waals surface area contributed by atoms with Crippen LogP contribution in [0.3, 0.4) is 0 Å². The molecule has 0 aromatic carbocycles. The van der Waals surface area contributed by atoms with Crippen LogP contribution in [0.4, 0.5) is 13.2 Å². The Kier molecular flexibility index (Phi) is 3.25. The van der Waals surface area contributed by atoms with Crippen LogP contribution in [0.2, 0.25) is 0 Å². The number of rotatable bonds is 2. The van der Waals surface area contributed by atoms with Crippen LogP contribution in [-0.4, -0.2) is 41.5 Å². The minimum Gasteiger partial charge on any atom is -0.345 e. The van der Waals surface area contributed by atoms with E-state index in [1.165, 1.54) is 0 Å². The fourth-order valence-electron chi connectivity index (χ4n) is 2.81. The van der Waals surface area contributed by atoms with Crippen molar-refractivity contribution in [3.8, 4) is 0 Å². The van der Waals surface area contributed by atoms with E-state index in [1.807, 2.05) is 0 Å². The molecule has 4 nitrogen and oxygen atoms in total. The Morgan fingerprint density at radius 3 is 2.39 bits per heavy atom. The Morgan fingerprint density at radius 1 is 1.22 bits per heavy atom. The van der Waals surface area contributed by atoms with Crippen LogP contribution in [0.15, 0.2) is 0 Å². The largest absolute Gasteiger partial charge is 0.390 e. The van der Waals surface area contributed by atoms with Gasteiger partial charge in [0.05, 0.1) is 13.0 Å². The average molecular weight is 264 g/mol. The second-order valence-electron chi connectivity index (χ2n) is 4.83. The number of carbonyl (C=O) groups is 2. The van der Waals surface area contributed by atoms with Gasteiger partial charge in [0, 0.05) is 6.54 Å². The van der Waals surface area contributed by atoms with E-state index < -0.39 is 30.6 Å². The molecule has 0 radical (unpaired) electrons. The number of nitrogens with zero attached hydrogens (tertiary/aromatic N) is 1. The van der Waals surface area contributed by atoms with Gasteiger partial charge in [-0.2, -0.15) is 13.2 Å². The van der Waals surface area contributed by atoms with E-state index in [4.69, 9.17) is 0 Å². The smallest absolute Gasteiger partial charge is 0.345 e. The summed E-state index contributed by atoms with van der Waals surface area (Å²) in [4.78, 5) is 24.8. The summed E-state index contributed by atoms with van der Waals surface area (Å²) in [6.07, 6.45) is -2.92. The van der Waals surface area contributed by atoms with Crippen molar-refractivity contribution in [2.45, 2.75) is 43.8 Å². The molecule has 7 heteroatoms. The van der Waals surface area contributed by atoms with Crippen molar-refractivity contribution in [1.82, 2.24) is 10.2 Å². The molecule has 2 rings (SSSR count). The van der Waals surface area contributed by atoms with Crippen molar-refractivity contribution in [1.29, 1.82) is 0 Å². The van der Waals surface area contributed by atoms with Crippen LogP contribution in [0, 0.1) is 0 Å². The van der Waals surface area contributed by atoms with Crippen molar-refractivity contribution in [3.05, 3.63) is 0 Å². The van der Waals surface area contributed by atoms with Crippen LogP contribution < -0.4 is 5.32 Å². The van der Waals surface area contributed by atoms with Crippen molar-refractivity contribution in [3.63, 3.8) is 0 Å². The Balaban J connectivity index is 2.16. The Labute approximate surface area is 103 Å². The van der Waals surface area contributed by atoms with Gasteiger partial charge in [-0.25, -0.2) is 0 Å². The molecule has 2 aliphatic rings. The lowest BCUT2D eigenvalue weighted by molar-refractivity contribution is -0.162. The molecular formula is C11H15F3N2O2. The number of carbonyl (C=O) groups excluding carboxylic acids is 2. The normalized spacial score (nSPS) is 23.6. The fraction of sp³-hybridized carbons (Fsp3) is 0.818. The van der Waals surface area contributed by atoms with Crippen LogP contribution in [-0.2, 0) is 9.59 Å². The highest BCUT2D eigenvalue weighted by molar-refractivity contribution is 5.98. The number of hydrogen-bond acceptors (Lipinski definition) is 2. The van der Waals surface area contributed by atoms with Gasteiger partial charge in [-0.15, -0.1) is 0 Å². The molecule has 1 N–H and O–H groups in total. The van der Waals surface area contributed by atoms with E-state index >= 15 is 0 Å². The van der Waals surface area contributed by atoms with Gasteiger partial charge in [0.1, 0.15) is 5.54 Å². The fourth-order valence-corrected chi connectivity index (χ4v) is 2.81. The molecule has 1 saturated heterocycles. The van der Waals surface area contributed by atoms with Crippen molar-refractivity contribution >= 4 is 11.8 Å². The lowest BCUT2D eigenvalue weighted by Crippen LogP contribution is -2.66. The van der Waals surface area contributed by atoms with Gasteiger partial charge in [-0.3, -0.25) is 9.59 Å². The Bertz CT molecular complexity index is 362. The topological polar surface area (TPSA) is 49.4 Å².